The van der Waals surface area contributed by atoms with Gasteiger partial charge in [-0.25, -0.2) is 4.79 Å². The van der Waals surface area contributed by atoms with E-state index >= 15 is 0 Å². The first-order valence-corrected chi connectivity index (χ1v) is 11.9. The van der Waals surface area contributed by atoms with Gasteiger partial charge in [0.15, 0.2) is 11.9 Å². The third-order valence-electron chi connectivity index (χ3n) is 6.22. The smallest absolute Gasteiger partial charge is 0.408 e. The summed E-state index contributed by atoms with van der Waals surface area (Å²) in [5, 5.41) is 8.64. The molecule has 34 heavy (non-hydrogen) atoms. The van der Waals surface area contributed by atoms with Crippen LogP contribution in [0.5, 0.6) is 5.75 Å². The van der Waals surface area contributed by atoms with Crippen LogP contribution in [0.1, 0.15) is 22.4 Å². The molecule has 1 N–H and O–H groups in total. The minimum absolute atomic E-state index is 0.221. The number of nitrogens with one attached hydrogen (secondary N) is 1. The largest absolute Gasteiger partial charge is 0.491 e. The molecule has 5 rings (SSSR count). The molecule has 1 aliphatic carbocycles. The molecule has 0 bridgehead atoms. The molecule has 0 fully saturated rings. The third-order valence-corrected chi connectivity index (χ3v) is 7.11. The molecule has 0 saturated carbocycles. The molecule has 1 aromatic carbocycles. The Morgan fingerprint density at radius 2 is 2.21 bits per heavy atom. The van der Waals surface area contributed by atoms with Crippen molar-refractivity contribution in [2.75, 3.05) is 19.7 Å². The molecular weight excluding hydrogens is 456 g/mol. The van der Waals surface area contributed by atoms with Gasteiger partial charge < -0.3 is 19.7 Å². The van der Waals surface area contributed by atoms with Gasteiger partial charge in [-0.3, -0.25) is 14.3 Å². The highest BCUT2D eigenvalue weighted by molar-refractivity contribution is 7.10. The van der Waals surface area contributed by atoms with Crippen molar-refractivity contribution in [3.05, 3.63) is 58.0 Å². The number of benzene rings is 1. The number of rotatable bonds is 5. The number of carbonyl (C=O) groups excluding carboxylic acids is 3. The molecule has 3 aromatic rings. The first kappa shape index (κ1) is 22.1. The lowest BCUT2D eigenvalue weighted by molar-refractivity contribution is -0.131. The Balaban J connectivity index is 1.23. The van der Waals surface area contributed by atoms with Gasteiger partial charge in [0.25, 0.3) is 0 Å². The fourth-order valence-corrected chi connectivity index (χ4v) is 5.27. The summed E-state index contributed by atoms with van der Waals surface area (Å²) in [5.74, 6) is 0.557. The number of hydrogen-bond acceptors (Lipinski definition) is 7. The average molecular weight is 481 g/mol. The quantitative estimate of drug-likeness (QED) is 0.564. The van der Waals surface area contributed by atoms with Crippen molar-refractivity contribution >= 4 is 29.6 Å². The monoisotopic (exact) mass is 480 g/mol. The van der Waals surface area contributed by atoms with Crippen LogP contribution in [0.2, 0.25) is 0 Å². The van der Waals surface area contributed by atoms with Crippen LogP contribution in [-0.4, -0.2) is 52.7 Å². The zero-order valence-electron chi connectivity index (χ0n) is 18.7. The van der Waals surface area contributed by atoms with E-state index < -0.39 is 11.7 Å². The summed E-state index contributed by atoms with van der Waals surface area (Å²) < 4.78 is 13.0. The van der Waals surface area contributed by atoms with Gasteiger partial charge in [0, 0.05) is 30.8 Å². The summed E-state index contributed by atoms with van der Waals surface area (Å²) in [6, 6.07) is 7.61. The van der Waals surface area contributed by atoms with Crippen LogP contribution < -0.4 is 10.1 Å². The molecule has 0 radical (unpaired) electrons. The maximum Gasteiger partial charge on any atom is 0.408 e. The number of alkyl carbamates (subject to hydrolysis) is 1. The Labute approximate surface area is 200 Å². The second-order valence-corrected chi connectivity index (χ2v) is 9.40. The molecule has 1 aliphatic heterocycles. The number of amides is 2. The molecule has 2 aromatic heterocycles. The summed E-state index contributed by atoms with van der Waals surface area (Å²) in [7, 11) is 1.85. The molecule has 0 unspecified atom stereocenters. The van der Waals surface area contributed by atoms with Gasteiger partial charge in [-0.05, 0) is 29.0 Å². The fourth-order valence-electron chi connectivity index (χ4n) is 4.44. The van der Waals surface area contributed by atoms with Crippen LogP contribution in [0.3, 0.4) is 0 Å². The van der Waals surface area contributed by atoms with Crippen LogP contribution in [-0.2, 0) is 39.9 Å². The third kappa shape index (κ3) is 4.16. The van der Waals surface area contributed by atoms with E-state index in [2.05, 4.69) is 10.4 Å². The number of carbonyl (C=O) groups is 3. The Morgan fingerprint density at radius 3 is 3.00 bits per heavy atom. The predicted octanol–water partition coefficient (Wildman–Crippen LogP) is 2.64. The summed E-state index contributed by atoms with van der Waals surface area (Å²) in [6.45, 7) is 1.04. The highest BCUT2D eigenvalue weighted by atomic mass is 32.1. The van der Waals surface area contributed by atoms with Crippen molar-refractivity contribution in [2.45, 2.75) is 25.0 Å². The van der Waals surface area contributed by atoms with E-state index in [1.807, 2.05) is 42.9 Å². The zero-order chi connectivity index (χ0) is 23.7. The highest BCUT2D eigenvalue weighted by Crippen LogP contribution is 2.40. The number of thiophene rings is 1. The number of aryl methyl sites for hydroxylation is 2. The molecule has 2 amide bonds. The van der Waals surface area contributed by atoms with E-state index in [0.29, 0.717) is 44.4 Å². The van der Waals surface area contributed by atoms with Gasteiger partial charge in [0.2, 0.25) is 5.91 Å². The highest BCUT2D eigenvalue weighted by Gasteiger charge is 2.42. The second-order valence-electron chi connectivity index (χ2n) is 8.40. The minimum atomic E-state index is -1.36. The topological polar surface area (TPSA) is 103 Å². The number of aldehydes is 1. The van der Waals surface area contributed by atoms with Crippen molar-refractivity contribution in [2.24, 2.45) is 7.05 Å². The first-order valence-electron chi connectivity index (χ1n) is 11.0. The fraction of sp³-hybridized carbons (Fsp3) is 0.333. The number of fused-ring (bicyclic) bond motifs is 2. The van der Waals surface area contributed by atoms with Crippen LogP contribution in [0.25, 0.3) is 11.1 Å². The summed E-state index contributed by atoms with van der Waals surface area (Å²) in [4.78, 5) is 40.0. The average Bonchev–Trinajstić information content (AvgIpc) is 3.53. The molecule has 10 heteroatoms. The van der Waals surface area contributed by atoms with E-state index in [1.54, 1.807) is 15.8 Å². The molecule has 1 atom stereocenters. The van der Waals surface area contributed by atoms with Gasteiger partial charge >= 0.3 is 6.09 Å². The van der Waals surface area contributed by atoms with Gasteiger partial charge in [0.1, 0.15) is 18.9 Å². The van der Waals surface area contributed by atoms with Crippen LogP contribution in [0.4, 0.5) is 4.79 Å². The second kappa shape index (κ2) is 8.94. The van der Waals surface area contributed by atoms with E-state index in [9.17, 15) is 14.4 Å². The van der Waals surface area contributed by atoms with Crippen LogP contribution in [0, 0.1) is 0 Å². The molecule has 9 nitrogen and oxygen atoms in total. The van der Waals surface area contributed by atoms with Crippen molar-refractivity contribution in [3.8, 4) is 16.9 Å². The minimum Gasteiger partial charge on any atom is -0.491 e. The van der Waals surface area contributed by atoms with Gasteiger partial charge in [0.05, 0.1) is 24.2 Å². The Kier molecular flexibility index (Phi) is 5.82. The van der Waals surface area contributed by atoms with Crippen molar-refractivity contribution in [1.82, 2.24) is 20.0 Å². The molecular formula is C24H24N4O5S. The van der Waals surface area contributed by atoms with E-state index in [1.165, 1.54) is 11.3 Å². The molecule has 3 heterocycles. The number of ether oxygens (including phenoxy) is 2. The molecule has 0 spiro atoms. The Hall–Kier alpha value is -3.66. The maximum atomic E-state index is 12.7. The summed E-state index contributed by atoms with van der Waals surface area (Å²) in [6.07, 6.45) is 4.53. The zero-order valence-corrected chi connectivity index (χ0v) is 19.5. The standard InChI is InChI=1S/C24H24N4O5S/c1-27-13-18(11-26-27)16-2-3-19-17(10-16)4-6-24(19,15-29)33-23(31)25-12-22(30)28-7-8-32-20-5-9-34-21(20)14-28/h2-3,5,9-11,13,15H,4,6-8,12,14H2,1H3,(H,25,31)/t24-/m1/s1. The molecule has 176 valence electrons. The van der Waals surface area contributed by atoms with Crippen LogP contribution >= 0.6 is 11.3 Å². The van der Waals surface area contributed by atoms with Crippen molar-refractivity contribution < 1.29 is 23.9 Å². The first-order chi connectivity index (χ1) is 16.5. The molecule has 0 saturated heterocycles. The number of hydrogen-bond donors (Lipinski definition) is 1. The van der Waals surface area contributed by atoms with Crippen molar-refractivity contribution in [3.63, 3.8) is 0 Å². The number of aromatic nitrogens is 2. The Morgan fingerprint density at radius 1 is 1.32 bits per heavy atom. The normalized spacial score (nSPS) is 18.9. The predicted molar refractivity (Wildman–Crippen MR) is 124 cm³/mol. The number of nitrogens with zero attached hydrogens (tertiary/aromatic N) is 3. The maximum absolute atomic E-state index is 12.7. The summed E-state index contributed by atoms with van der Waals surface area (Å²) >= 11 is 1.53. The van der Waals surface area contributed by atoms with Crippen LogP contribution in [0.15, 0.2) is 42.0 Å². The lowest BCUT2D eigenvalue weighted by Gasteiger charge is -2.25. The Bertz CT molecular complexity index is 1250. The van der Waals surface area contributed by atoms with E-state index in [0.717, 1.165) is 27.3 Å². The van der Waals surface area contributed by atoms with E-state index in [4.69, 9.17) is 9.47 Å². The lowest BCUT2D eigenvalue weighted by Crippen LogP contribution is -2.43. The van der Waals surface area contributed by atoms with Crippen molar-refractivity contribution in [1.29, 1.82) is 0 Å². The summed E-state index contributed by atoms with van der Waals surface area (Å²) in [5.41, 5.74) is 2.22. The lowest BCUT2D eigenvalue weighted by atomic mass is 9.95. The van der Waals surface area contributed by atoms with Gasteiger partial charge in [-0.2, -0.15) is 5.10 Å². The van der Waals surface area contributed by atoms with Gasteiger partial charge in [-0.15, -0.1) is 11.3 Å². The SMILES string of the molecule is Cn1cc(-c2ccc3c(c2)CC[C@]3(C=O)OC(=O)NCC(=O)N2CCOc3ccsc3C2)cn1. The van der Waals surface area contributed by atoms with E-state index in [-0.39, 0.29) is 12.5 Å². The molecule has 2 aliphatic rings. The van der Waals surface area contributed by atoms with Gasteiger partial charge in [-0.1, -0.05) is 18.2 Å².